The number of rotatable bonds is 4. The molecule has 1 unspecified atom stereocenters. The van der Waals surface area contributed by atoms with E-state index in [1.807, 2.05) is 4.90 Å². The molecule has 3 N–H and O–H groups in total. The molecule has 1 aromatic rings. The highest BCUT2D eigenvalue weighted by atomic mass is 32.2. The Bertz CT molecular complexity index is 693. The van der Waals surface area contributed by atoms with Crippen LogP contribution in [-0.2, 0) is 19.6 Å². The minimum absolute atomic E-state index is 0.102. The van der Waals surface area contributed by atoms with Crippen LogP contribution in [0.15, 0.2) is 29.2 Å². The van der Waals surface area contributed by atoms with Crippen LogP contribution >= 0.6 is 0 Å². The second-order valence-corrected chi connectivity index (χ2v) is 7.90. The fourth-order valence-corrected chi connectivity index (χ4v) is 3.67. The fraction of sp³-hybridized carbons (Fsp3) is 0.562. The van der Waals surface area contributed by atoms with Crippen LogP contribution in [0.5, 0.6) is 0 Å². The van der Waals surface area contributed by atoms with Crippen molar-refractivity contribution < 1.29 is 17.9 Å². The maximum Gasteiger partial charge on any atom is 0.238 e. The van der Waals surface area contributed by atoms with Crippen molar-refractivity contribution in [3.8, 4) is 0 Å². The number of carbonyl (C=O) groups is 1. The standard InChI is InChI=1S/C16H24N4O4S/c17-25(22,23)15-3-1-14(2-4-15)19-6-8-20(9-7-19)16(21)11-13-12-24-10-5-18-13/h1-4,13,18H,5-12H2,(H2,17,22,23). The Hall–Kier alpha value is -1.68. The first kappa shape index (κ1) is 18.1. The molecular weight excluding hydrogens is 344 g/mol. The number of morpholine rings is 1. The SMILES string of the molecule is NS(=O)(=O)c1ccc(N2CCN(C(=O)CC3COCCN3)CC2)cc1. The predicted molar refractivity (Wildman–Crippen MR) is 93.8 cm³/mol. The summed E-state index contributed by atoms with van der Waals surface area (Å²) in [4.78, 5) is 16.5. The summed E-state index contributed by atoms with van der Waals surface area (Å²) in [5.41, 5.74) is 0.932. The average molecular weight is 368 g/mol. The maximum absolute atomic E-state index is 12.4. The number of benzene rings is 1. The van der Waals surface area contributed by atoms with Crippen molar-refractivity contribution in [2.24, 2.45) is 5.14 Å². The highest BCUT2D eigenvalue weighted by Gasteiger charge is 2.24. The Morgan fingerprint density at radius 1 is 1.20 bits per heavy atom. The van der Waals surface area contributed by atoms with Crippen molar-refractivity contribution in [2.45, 2.75) is 17.4 Å². The van der Waals surface area contributed by atoms with Crippen molar-refractivity contribution in [1.29, 1.82) is 0 Å². The Balaban J connectivity index is 1.52. The Morgan fingerprint density at radius 3 is 2.44 bits per heavy atom. The molecule has 0 radical (unpaired) electrons. The number of nitrogens with one attached hydrogen (secondary N) is 1. The second kappa shape index (κ2) is 7.69. The molecule has 1 aromatic carbocycles. The first-order valence-corrected chi connectivity index (χ1v) is 9.95. The van der Waals surface area contributed by atoms with Crippen molar-refractivity contribution in [2.75, 3.05) is 50.8 Å². The highest BCUT2D eigenvalue weighted by molar-refractivity contribution is 7.89. The van der Waals surface area contributed by atoms with Crippen LogP contribution in [0.25, 0.3) is 0 Å². The van der Waals surface area contributed by atoms with Gasteiger partial charge in [0.2, 0.25) is 15.9 Å². The fourth-order valence-electron chi connectivity index (χ4n) is 3.15. The van der Waals surface area contributed by atoms with Crippen molar-refractivity contribution >= 4 is 21.6 Å². The third-order valence-corrected chi connectivity index (χ3v) is 5.51. The van der Waals surface area contributed by atoms with E-state index in [1.165, 1.54) is 12.1 Å². The molecule has 0 aliphatic carbocycles. The van der Waals surface area contributed by atoms with E-state index in [0.717, 1.165) is 25.3 Å². The quantitative estimate of drug-likeness (QED) is 0.733. The average Bonchev–Trinajstić information content (AvgIpc) is 2.62. The van der Waals surface area contributed by atoms with Crippen LogP contribution in [0.2, 0.25) is 0 Å². The molecule has 0 bridgehead atoms. The van der Waals surface area contributed by atoms with E-state index in [-0.39, 0.29) is 16.8 Å². The summed E-state index contributed by atoms with van der Waals surface area (Å²) < 4.78 is 28.0. The number of primary sulfonamides is 1. The molecule has 8 nitrogen and oxygen atoms in total. The minimum atomic E-state index is -3.67. The molecule has 2 heterocycles. The van der Waals surface area contributed by atoms with Gasteiger partial charge in [0.05, 0.1) is 18.1 Å². The zero-order valence-electron chi connectivity index (χ0n) is 14.1. The van der Waals surface area contributed by atoms with Gasteiger partial charge in [0.15, 0.2) is 0 Å². The van der Waals surface area contributed by atoms with E-state index in [1.54, 1.807) is 12.1 Å². The van der Waals surface area contributed by atoms with Crippen LogP contribution < -0.4 is 15.4 Å². The Kier molecular flexibility index (Phi) is 5.57. The molecule has 2 saturated heterocycles. The van der Waals surface area contributed by atoms with Crippen LogP contribution in [0, 0.1) is 0 Å². The van der Waals surface area contributed by atoms with Gasteiger partial charge in [0.25, 0.3) is 0 Å². The number of hydrogen-bond acceptors (Lipinski definition) is 6. The number of piperazine rings is 1. The van der Waals surface area contributed by atoms with Gasteiger partial charge in [-0.1, -0.05) is 0 Å². The summed E-state index contributed by atoms with van der Waals surface area (Å²) in [6.45, 7) is 4.83. The van der Waals surface area contributed by atoms with Crippen LogP contribution in [0.1, 0.15) is 6.42 Å². The van der Waals surface area contributed by atoms with Gasteiger partial charge >= 0.3 is 0 Å². The highest BCUT2D eigenvalue weighted by Crippen LogP contribution is 2.19. The number of anilines is 1. The number of amides is 1. The minimum Gasteiger partial charge on any atom is -0.378 e. The molecule has 2 fully saturated rings. The molecule has 138 valence electrons. The number of nitrogens with two attached hydrogens (primary N) is 1. The van der Waals surface area contributed by atoms with Gasteiger partial charge in [0, 0.05) is 50.9 Å². The zero-order valence-corrected chi connectivity index (χ0v) is 14.9. The zero-order chi connectivity index (χ0) is 17.9. The summed E-state index contributed by atoms with van der Waals surface area (Å²) in [6, 6.07) is 6.62. The molecule has 2 aliphatic rings. The lowest BCUT2D eigenvalue weighted by Gasteiger charge is -2.37. The predicted octanol–water partition coefficient (Wildman–Crippen LogP) is -0.639. The summed E-state index contributed by atoms with van der Waals surface area (Å²) >= 11 is 0. The largest absolute Gasteiger partial charge is 0.378 e. The van der Waals surface area contributed by atoms with E-state index >= 15 is 0 Å². The smallest absolute Gasteiger partial charge is 0.238 e. The van der Waals surface area contributed by atoms with Gasteiger partial charge in [0.1, 0.15) is 0 Å². The first-order valence-electron chi connectivity index (χ1n) is 8.40. The van der Waals surface area contributed by atoms with Crippen molar-refractivity contribution in [3.63, 3.8) is 0 Å². The molecule has 2 aliphatic heterocycles. The van der Waals surface area contributed by atoms with Crippen LogP contribution in [-0.4, -0.2) is 71.2 Å². The van der Waals surface area contributed by atoms with Crippen LogP contribution in [0.4, 0.5) is 5.69 Å². The topological polar surface area (TPSA) is 105 Å². The molecule has 1 atom stereocenters. The number of carbonyl (C=O) groups excluding carboxylic acids is 1. The van der Waals surface area contributed by atoms with E-state index in [9.17, 15) is 13.2 Å². The summed E-state index contributed by atoms with van der Waals surface area (Å²) in [5, 5.41) is 8.41. The molecule has 1 amide bonds. The summed E-state index contributed by atoms with van der Waals surface area (Å²) in [7, 11) is -3.67. The Labute approximate surface area is 148 Å². The lowest BCUT2D eigenvalue weighted by atomic mass is 10.1. The van der Waals surface area contributed by atoms with Crippen molar-refractivity contribution in [1.82, 2.24) is 10.2 Å². The second-order valence-electron chi connectivity index (χ2n) is 6.34. The molecular formula is C16H24N4O4S. The van der Waals surface area contributed by atoms with Gasteiger partial charge in [-0.15, -0.1) is 0 Å². The molecule has 3 rings (SSSR count). The number of ether oxygens (including phenoxy) is 1. The number of sulfonamides is 1. The lowest BCUT2D eigenvalue weighted by molar-refractivity contribution is -0.132. The third kappa shape index (κ3) is 4.69. The monoisotopic (exact) mass is 368 g/mol. The van der Waals surface area contributed by atoms with E-state index in [2.05, 4.69) is 10.2 Å². The van der Waals surface area contributed by atoms with Crippen molar-refractivity contribution in [3.05, 3.63) is 24.3 Å². The molecule has 0 aromatic heterocycles. The molecule has 0 spiro atoms. The third-order valence-electron chi connectivity index (χ3n) is 4.58. The number of nitrogens with zero attached hydrogens (tertiary/aromatic N) is 2. The first-order chi connectivity index (χ1) is 11.9. The van der Waals surface area contributed by atoms with E-state index in [0.29, 0.717) is 32.7 Å². The van der Waals surface area contributed by atoms with Gasteiger partial charge in [-0.2, -0.15) is 0 Å². The lowest BCUT2D eigenvalue weighted by Crippen LogP contribution is -2.51. The summed E-state index contributed by atoms with van der Waals surface area (Å²) in [6.07, 6.45) is 0.461. The van der Waals surface area contributed by atoms with Crippen LogP contribution in [0.3, 0.4) is 0 Å². The van der Waals surface area contributed by atoms with Gasteiger partial charge < -0.3 is 19.9 Å². The number of hydrogen-bond donors (Lipinski definition) is 2. The van der Waals surface area contributed by atoms with E-state index in [4.69, 9.17) is 9.88 Å². The molecule has 25 heavy (non-hydrogen) atoms. The van der Waals surface area contributed by atoms with E-state index < -0.39 is 10.0 Å². The molecule has 0 saturated carbocycles. The molecule has 9 heteroatoms. The Morgan fingerprint density at radius 2 is 1.88 bits per heavy atom. The summed E-state index contributed by atoms with van der Waals surface area (Å²) in [5.74, 6) is 0.146. The maximum atomic E-state index is 12.4. The van der Waals surface area contributed by atoms with Gasteiger partial charge in [-0.05, 0) is 24.3 Å². The van der Waals surface area contributed by atoms with Gasteiger partial charge in [-0.25, -0.2) is 13.6 Å². The van der Waals surface area contributed by atoms with Gasteiger partial charge in [-0.3, -0.25) is 4.79 Å². The normalized spacial score (nSPS) is 22.0.